The largest absolute Gasteiger partial charge is 1.00 e. The van der Waals surface area contributed by atoms with E-state index < -0.39 is 20.8 Å². The van der Waals surface area contributed by atoms with E-state index in [-0.39, 0.29) is 44.8 Å². The number of rotatable bonds is 2. The average Bonchev–Trinajstić information content (AvgIpc) is 1.14. The van der Waals surface area contributed by atoms with Crippen LogP contribution >= 0.6 is 0 Å². The minimum Gasteiger partial charge on any atom is -0.725 e. The van der Waals surface area contributed by atoms with Crippen molar-refractivity contribution in [1.29, 1.82) is 0 Å². The fourth-order valence-corrected chi connectivity index (χ4v) is 0.919. The van der Waals surface area contributed by atoms with Gasteiger partial charge in [-0.1, -0.05) is 0 Å². The molecular weight excluding hydrogens is 392 g/mol. The predicted octanol–water partition coefficient (Wildman–Crippen LogP) is -2.08. The first-order valence-corrected chi connectivity index (χ1v) is 4.00. The normalized spacial score (nSPS) is 11.1. The molecule has 0 radical (unpaired) electrons. The van der Waals surface area contributed by atoms with Gasteiger partial charge in [-0.05, 0) is 0 Å². The van der Waals surface area contributed by atoms with Gasteiger partial charge in [0, 0.05) is 0 Å². The van der Waals surface area contributed by atoms with Gasteiger partial charge in [0.25, 0.3) is 0 Å². The first-order chi connectivity index (χ1) is 3.71. The third-order valence-electron chi connectivity index (χ3n) is 0.167. The maximum absolute atomic E-state index is 9.29. The minimum absolute atomic E-state index is 0. The molecule has 11 heteroatoms. The molecule has 0 aromatic carbocycles. The summed E-state index contributed by atoms with van der Waals surface area (Å²) in [6.45, 7) is 0. The van der Waals surface area contributed by atoms with Crippen molar-refractivity contribution in [2.24, 2.45) is 0 Å². The fourth-order valence-electron chi connectivity index (χ4n) is 0.102. The van der Waals surface area contributed by atoms with Crippen molar-refractivity contribution in [3.63, 3.8) is 0 Å². The van der Waals surface area contributed by atoms with E-state index in [4.69, 9.17) is 0 Å². The Balaban J connectivity index is -0.000000320. The summed E-state index contributed by atoms with van der Waals surface area (Å²) in [6, 6.07) is 0. The van der Waals surface area contributed by atoms with E-state index in [2.05, 4.69) is 3.63 Å². The van der Waals surface area contributed by atoms with Crippen LogP contribution in [0.3, 0.4) is 0 Å². The van der Waals surface area contributed by atoms with Gasteiger partial charge >= 0.3 is 44.8 Å². The maximum atomic E-state index is 9.29. The van der Waals surface area contributed by atoms with E-state index in [0.717, 1.165) is 0 Å². The molecule has 0 atom stereocenters. The molecule has 0 saturated carbocycles. The summed E-state index contributed by atoms with van der Waals surface area (Å²) < 4.78 is 58.2. The summed E-state index contributed by atoms with van der Waals surface area (Å²) in [7, 11) is -10.9. The summed E-state index contributed by atoms with van der Waals surface area (Å²) in [6.07, 6.45) is 0. The van der Waals surface area contributed by atoms with Gasteiger partial charge in [-0.2, -0.15) is 3.63 Å². The van der Waals surface area contributed by atoms with Crippen LogP contribution in [0.2, 0.25) is 0 Å². The Morgan fingerprint density at radius 2 is 1.00 bits per heavy atom. The fraction of sp³-hybridized carbons (Fsp3) is 0. The Labute approximate surface area is 94.4 Å². The maximum Gasteiger partial charge on any atom is 1.00 e. The molecule has 0 aliphatic carbocycles. The van der Waals surface area contributed by atoms with Crippen molar-refractivity contribution < 1.29 is 74.3 Å². The molecule has 0 N–H and O–H groups in total. The van der Waals surface area contributed by atoms with Gasteiger partial charge in [-0.15, -0.1) is 0 Å². The van der Waals surface area contributed by atoms with Crippen molar-refractivity contribution >= 4 is 20.8 Å². The van der Waals surface area contributed by atoms with Crippen LogP contribution in [0.15, 0.2) is 0 Å². The van der Waals surface area contributed by atoms with Crippen LogP contribution < -0.4 is 0 Å². The topological polar surface area (TPSA) is 124 Å². The van der Waals surface area contributed by atoms with Crippen LogP contribution in [-0.4, -0.2) is 25.9 Å². The van der Waals surface area contributed by atoms with Gasteiger partial charge < -0.3 is 9.11 Å². The van der Waals surface area contributed by atoms with Gasteiger partial charge in [0.05, 0.1) is 0 Å². The molecule has 76 valence electrons. The van der Waals surface area contributed by atoms with Crippen LogP contribution in [0.5, 0.6) is 0 Å². The Kier molecular flexibility index (Phi) is 9.61. The second kappa shape index (κ2) is 5.83. The Bertz CT molecular complexity index is 240. The molecule has 0 amide bonds. The van der Waals surface area contributed by atoms with Gasteiger partial charge in [0.2, 0.25) is 20.8 Å². The zero-order chi connectivity index (χ0) is 7.71. The van der Waals surface area contributed by atoms with Crippen molar-refractivity contribution in [3.05, 3.63) is 0 Å². The Hall–Kier alpha value is 1.26. The monoisotopic (exact) mass is 390 g/mol. The molecule has 0 aromatic heterocycles. The van der Waals surface area contributed by atoms with E-state index in [1.54, 1.807) is 0 Å². The van der Waals surface area contributed by atoms with Crippen molar-refractivity contribution in [3.8, 4) is 0 Å². The SMILES string of the molecule is O=S(=O)([O-])OS(=O)(=O)[O-].[Ag+].[Ag+]. The first kappa shape index (κ1) is 18.1. The van der Waals surface area contributed by atoms with Gasteiger partial charge in [0.1, 0.15) is 0 Å². The quantitative estimate of drug-likeness (QED) is 0.300. The van der Waals surface area contributed by atoms with Gasteiger partial charge in [-0.25, -0.2) is 16.8 Å². The Morgan fingerprint density at radius 1 is 0.818 bits per heavy atom. The molecule has 0 aliphatic rings. The molecule has 0 bridgehead atoms. The van der Waals surface area contributed by atoms with Crippen LogP contribution in [0.4, 0.5) is 0 Å². The molecule has 7 nitrogen and oxygen atoms in total. The number of hydrogen-bond donors (Lipinski definition) is 0. The summed E-state index contributed by atoms with van der Waals surface area (Å²) >= 11 is 0. The molecule has 0 saturated heterocycles. The van der Waals surface area contributed by atoms with Crippen molar-refractivity contribution in [2.75, 3.05) is 0 Å². The molecule has 0 heterocycles. The molecule has 0 spiro atoms. The molecule has 0 aliphatic heterocycles. The second-order valence-corrected chi connectivity index (χ2v) is 3.06. The third-order valence-corrected chi connectivity index (χ3v) is 1.50. The van der Waals surface area contributed by atoms with Crippen LogP contribution in [0.25, 0.3) is 0 Å². The van der Waals surface area contributed by atoms with Crippen LogP contribution in [0, 0.1) is 0 Å². The van der Waals surface area contributed by atoms with E-state index in [9.17, 15) is 25.9 Å². The molecular formula is Ag2O7S2. The zero-order valence-corrected chi connectivity index (χ0v) is 8.87. The molecule has 0 unspecified atom stereocenters. The van der Waals surface area contributed by atoms with E-state index in [1.807, 2.05) is 0 Å². The van der Waals surface area contributed by atoms with Crippen LogP contribution in [0.1, 0.15) is 0 Å². The van der Waals surface area contributed by atoms with Crippen molar-refractivity contribution in [1.82, 2.24) is 0 Å². The van der Waals surface area contributed by atoms with E-state index in [1.165, 1.54) is 0 Å². The first-order valence-electron chi connectivity index (χ1n) is 1.33. The summed E-state index contributed by atoms with van der Waals surface area (Å²) in [4.78, 5) is 0. The zero-order valence-electron chi connectivity index (χ0n) is 4.28. The van der Waals surface area contributed by atoms with Crippen molar-refractivity contribution in [2.45, 2.75) is 0 Å². The summed E-state index contributed by atoms with van der Waals surface area (Å²) in [5, 5.41) is 0. The van der Waals surface area contributed by atoms with E-state index in [0.29, 0.717) is 0 Å². The second-order valence-electron chi connectivity index (χ2n) is 0.885. The van der Waals surface area contributed by atoms with E-state index >= 15 is 0 Å². The standard InChI is InChI=1S/2Ag.H2O7S2/c;;1-8(2,3)7-9(4,5)6/h;;(H,1,2,3)(H,4,5,6)/q2*+1;/p-2. The smallest absolute Gasteiger partial charge is 0.725 e. The summed E-state index contributed by atoms with van der Waals surface area (Å²) in [5.41, 5.74) is 0. The molecule has 11 heavy (non-hydrogen) atoms. The molecule has 0 rings (SSSR count). The average molecular weight is 392 g/mol. The number of hydrogen-bond acceptors (Lipinski definition) is 7. The van der Waals surface area contributed by atoms with Crippen LogP contribution in [-0.2, 0) is 69.2 Å². The Morgan fingerprint density at radius 3 is 1.00 bits per heavy atom. The summed E-state index contributed by atoms with van der Waals surface area (Å²) in [5.74, 6) is 0. The van der Waals surface area contributed by atoms with Gasteiger partial charge in [0.15, 0.2) is 0 Å². The predicted molar refractivity (Wildman–Crippen MR) is 20.5 cm³/mol. The third kappa shape index (κ3) is 18.3. The molecule has 0 fully saturated rings. The van der Waals surface area contributed by atoms with Gasteiger partial charge in [-0.3, -0.25) is 0 Å². The minimum atomic E-state index is -5.43. The molecule has 0 aromatic rings.